The fourth-order valence-electron chi connectivity index (χ4n) is 2.21. The lowest BCUT2D eigenvalue weighted by Gasteiger charge is -2.13. The Morgan fingerprint density at radius 1 is 1.37 bits per heavy atom. The monoisotopic (exact) mass is 448 g/mol. The van der Waals surface area contributed by atoms with Gasteiger partial charge in [0.15, 0.2) is 11.5 Å². The Morgan fingerprint density at radius 3 is 2.81 bits per heavy atom. The zero-order valence-corrected chi connectivity index (χ0v) is 17.2. The summed E-state index contributed by atoms with van der Waals surface area (Å²) in [6, 6.07) is 8.72. The van der Waals surface area contributed by atoms with Crippen LogP contribution in [0.5, 0.6) is 11.5 Å². The zero-order chi connectivity index (χ0) is 19.8. The van der Waals surface area contributed by atoms with Crippen molar-refractivity contribution in [2.45, 2.75) is 13.8 Å². The molecular formula is C20H18BrClN2O3. The summed E-state index contributed by atoms with van der Waals surface area (Å²) >= 11 is 9.52. The number of halogens is 2. The van der Waals surface area contributed by atoms with Crippen molar-refractivity contribution in [3.63, 3.8) is 0 Å². The van der Waals surface area contributed by atoms with E-state index in [1.807, 2.05) is 19.9 Å². The lowest BCUT2D eigenvalue weighted by Crippen LogP contribution is -2.18. The molecule has 0 unspecified atom stereocenters. The summed E-state index contributed by atoms with van der Waals surface area (Å²) in [5.74, 6) is 3.06. The van der Waals surface area contributed by atoms with Gasteiger partial charge in [-0.1, -0.05) is 23.6 Å². The first-order valence-corrected chi connectivity index (χ1v) is 9.25. The third kappa shape index (κ3) is 5.75. The Labute approximate surface area is 171 Å². The maximum Gasteiger partial charge on any atom is 0.272 e. The maximum absolute atomic E-state index is 12.2. The van der Waals surface area contributed by atoms with Crippen LogP contribution in [-0.4, -0.2) is 25.3 Å². The highest BCUT2D eigenvalue weighted by Crippen LogP contribution is 2.36. The first kappa shape index (κ1) is 20.8. The molecule has 27 heavy (non-hydrogen) atoms. The number of ether oxygens (including phenoxy) is 2. The van der Waals surface area contributed by atoms with Gasteiger partial charge >= 0.3 is 0 Å². The number of hydrogen-bond acceptors (Lipinski definition) is 4. The summed E-state index contributed by atoms with van der Waals surface area (Å²) < 4.78 is 11.8. The van der Waals surface area contributed by atoms with Crippen LogP contribution in [0.3, 0.4) is 0 Å². The predicted octanol–water partition coefficient (Wildman–Crippen LogP) is 4.59. The number of terminal acetylenes is 1. The van der Waals surface area contributed by atoms with Gasteiger partial charge in [0.1, 0.15) is 6.61 Å². The van der Waals surface area contributed by atoms with E-state index >= 15 is 0 Å². The van der Waals surface area contributed by atoms with Crippen molar-refractivity contribution in [3.05, 3.63) is 56.5 Å². The molecule has 0 spiro atoms. The van der Waals surface area contributed by atoms with E-state index in [9.17, 15) is 4.79 Å². The number of benzene rings is 2. The second-order valence-corrected chi connectivity index (χ2v) is 6.70. The van der Waals surface area contributed by atoms with Crippen LogP contribution < -0.4 is 14.9 Å². The fourth-order valence-corrected chi connectivity index (χ4v) is 3.10. The third-order valence-electron chi connectivity index (χ3n) is 3.38. The number of nitrogens with one attached hydrogen (secondary N) is 1. The smallest absolute Gasteiger partial charge is 0.272 e. The summed E-state index contributed by atoms with van der Waals surface area (Å²) in [5.41, 5.74) is 4.49. The molecule has 5 nitrogen and oxygen atoms in total. The van der Waals surface area contributed by atoms with Crippen molar-refractivity contribution in [1.29, 1.82) is 0 Å². The minimum Gasteiger partial charge on any atom is -0.490 e. The molecule has 0 atom stereocenters. The minimum atomic E-state index is -0.394. The highest BCUT2D eigenvalue weighted by atomic mass is 79.9. The number of carbonyl (C=O) groups excluding carboxylic acids is 1. The number of rotatable bonds is 7. The van der Waals surface area contributed by atoms with Crippen LogP contribution in [0, 0.1) is 19.3 Å². The molecule has 0 saturated carbocycles. The molecule has 0 aliphatic carbocycles. The van der Waals surface area contributed by atoms with Gasteiger partial charge in [-0.05, 0) is 65.2 Å². The van der Waals surface area contributed by atoms with Crippen molar-refractivity contribution in [2.24, 2.45) is 5.10 Å². The Morgan fingerprint density at radius 2 is 2.15 bits per heavy atom. The SMILES string of the molecule is C#CCOc1c(Br)cc(/C=N\NC(=O)c2ccc(C)cc2Cl)cc1OCC. The highest BCUT2D eigenvalue weighted by Gasteiger charge is 2.12. The van der Waals surface area contributed by atoms with Crippen LogP contribution in [0.25, 0.3) is 0 Å². The number of hydrazone groups is 1. The Bertz CT molecular complexity index is 907. The van der Waals surface area contributed by atoms with Crippen molar-refractivity contribution >= 4 is 39.7 Å². The normalized spacial score (nSPS) is 10.5. The molecule has 0 saturated heterocycles. The van der Waals surface area contributed by atoms with Gasteiger partial charge in [0.25, 0.3) is 5.91 Å². The number of hydrogen-bond donors (Lipinski definition) is 1. The van der Waals surface area contributed by atoms with Gasteiger partial charge in [0.05, 0.1) is 27.9 Å². The van der Waals surface area contributed by atoms with Crippen molar-refractivity contribution in [3.8, 4) is 23.8 Å². The molecule has 0 radical (unpaired) electrons. The molecule has 2 aromatic rings. The molecule has 0 bridgehead atoms. The standard InChI is InChI=1S/C20H18BrClN2O3/c1-4-8-27-19-16(21)10-14(11-18(19)26-5-2)12-23-24-20(25)15-7-6-13(3)9-17(15)22/h1,6-7,9-12H,5,8H2,2-3H3,(H,24,25)/b23-12-. The summed E-state index contributed by atoms with van der Waals surface area (Å²) in [5, 5.41) is 4.36. The van der Waals surface area contributed by atoms with Gasteiger partial charge < -0.3 is 9.47 Å². The second-order valence-electron chi connectivity index (χ2n) is 5.44. The molecule has 0 aliphatic heterocycles. The van der Waals surface area contributed by atoms with E-state index in [-0.39, 0.29) is 6.61 Å². The van der Waals surface area contributed by atoms with Crippen molar-refractivity contribution in [1.82, 2.24) is 5.43 Å². The largest absolute Gasteiger partial charge is 0.490 e. The van der Waals surface area contributed by atoms with Gasteiger partial charge in [-0.3, -0.25) is 4.79 Å². The Kier molecular flexibility index (Phi) is 7.71. The number of carbonyl (C=O) groups is 1. The summed E-state index contributed by atoms with van der Waals surface area (Å²) in [7, 11) is 0. The van der Waals surface area contributed by atoms with E-state index in [0.29, 0.717) is 38.7 Å². The van der Waals surface area contributed by atoms with Crippen LogP contribution in [0.15, 0.2) is 39.9 Å². The van der Waals surface area contributed by atoms with Crippen LogP contribution in [-0.2, 0) is 0 Å². The number of aryl methyl sites for hydroxylation is 1. The number of amides is 1. The van der Waals surface area contributed by atoms with E-state index in [0.717, 1.165) is 5.56 Å². The van der Waals surface area contributed by atoms with E-state index in [1.54, 1.807) is 24.3 Å². The maximum atomic E-state index is 12.2. The molecular weight excluding hydrogens is 432 g/mol. The van der Waals surface area contributed by atoms with E-state index in [4.69, 9.17) is 27.5 Å². The molecule has 2 rings (SSSR count). The topological polar surface area (TPSA) is 59.9 Å². The zero-order valence-electron chi connectivity index (χ0n) is 14.9. The van der Waals surface area contributed by atoms with Crippen LogP contribution in [0.1, 0.15) is 28.4 Å². The van der Waals surface area contributed by atoms with Crippen LogP contribution in [0.4, 0.5) is 0 Å². The second kappa shape index (κ2) is 10.0. The lowest BCUT2D eigenvalue weighted by molar-refractivity contribution is 0.0955. The van der Waals surface area contributed by atoms with E-state index in [1.165, 1.54) is 6.21 Å². The molecule has 0 aliphatic rings. The average Bonchev–Trinajstić information content (AvgIpc) is 2.61. The molecule has 140 valence electrons. The molecule has 7 heteroatoms. The van der Waals surface area contributed by atoms with Crippen LogP contribution >= 0.6 is 27.5 Å². The third-order valence-corrected chi connectivity index (χ3v) is 4.28. The quantitative estimate of drug-likeness (QED) is 0.382. The van der Waals surface area contributed by atoms with Gasteiger partial charge in [-0.25, -0.2) is 5.43 Å². The molecule has 1 N–H and O–H groups in total. The lowest BCUT2D eigenvalue weighted by atomic mass is 10.1. The molecule has 1 amide bonds. The molecule has 2 aromatic carbocycles. The Balaban J connectivity index is 2.16. The summed E-state index contributed by atoms with van der Waals surface area (Å²) in [4.78, 5) is 12.2. The molecule has 0 heterocycles. The van der Waals surface area contributed by atoms with Crippen LogP contribution in [0.2, 0.25) is 5.02 Å². The average molecular weight is 450 g/mol. The Hall–Kier alpha value is -2.49. The van der Waals surface area contributed by atoms with Crippen molar-refractivity contribution < 1.29 is 14.3 Å². The fraction of sp³-hybridized carbons (Fsp3) is 0.200. The molecule has 0 aromatic heterocycles. The summed E-state index contributed by atoms with van der Waals surface area (Å²) in [6.45, 7) is 4.35. The van der Waals surface area contributed by atoms with Gasteiger partial charge in [-0.2, -0.15) is 5.10 Å². The predicted molar refractivity (Wildman–Crippen MR) is 111 cm³/mol. The molecule has 0 fully saturated rings. The van der Waals surface area contributed by atoms with Gasteiger partial charge in [0.2, 0.25) is 0 Å². The number of nitrogens with zero attached hydrogens (tertiary/aromatic N) is 1. The minimum absolute atomic E-state index is 0.124. The summed E-state index contributed by atoms with van der Waals surface area (Å²) in [6.07, 6.45) is 6.74. The van der Waals surface area contributed by atoms with E-state index < -0.39 is 5.91 Å². The highest BCUT2D eigenvalue weighted by molar-refractivity contribution is 9.10. The van der Waals surface area contributed by atoms with Crippen molar-refractivity contribution in [2.75, 3.05) is 13.2 Å². The van der Waals surface area contributed by atoms with Gasteiger partial charge in [-0.15, -0.1) is 6.42 Å². The first-order chi connectivity index (χ1) is 13.0. The van der Waals surface area contributed by atoms with E-state index in [2.05, 4.69) is 32.4 Å². The van der Waals surface area contributed by atoms with Gasteiger partial charge in [0, 0.05) is 0 Å². The first-order valence-electron chi connectivity index (χ1n) is 8.08.